The van der Waals surface area contributed by atoms with Crippen molar-refractivity contribution in [3.8, 4) is 0 Å². The Morgan fingerprint density at radius 1 is 1.28 bits per heavy atom. The molecule has 3 unspecified atom stereocenters. The third-order valence-electron chi connectivity index (χ3n) is 4.78. The summed E-state index contributed by atoms with van der Waals surface area (Å²) in [5.74, 6) is 1.48. The highest BCUT2D eigenvalue weighted by molar-refractivity contribution is 4.92. The van der Waals surface area contributed by atoms with Gasteiger partial charge >= 0.3 is 0 Å². The summed E-state index contributed by atoms with van der Waals surface area (Å²) in [4.78, 5) is 4.99. The molecule has 0 saturated carbocycles. The molecule has 2 N–H and O–H groups in total. The first-order valence-electron chi connectivity index (χ1n) is 7.31. The fraction of sp³-hybridized carbons (Fsp3) is 1.00. The molecule has 2 heterocycles. The molecule has 0 amide bonds. The predicted octanol–water partition coefficient (Wildman–Crippen LogP) is 0.622. The normalized spacial score (nSPS) is 33.2. The van der Waals surface area contributed by atoms with Crippen molar-refractivity contribution in [3.63, 3.8) is 0 Å². The van der Waals surface area contributed by atoms with Gasteiger partial charge in [0.25, 0.3) is 0 Å². The SMILES string of the molecule is CC1CN(C(CN)C2CCOCC2)CC1N(C)C. The second-order valence-corrected chi connectivity index (χ2v) is 6.21. The molecule has 106 valence electrons. The molecule has 0 aromatic rings. The number of nitrogens with zero attached hydrogens (tertiary/aromatic N) is 2. The first kappa shape index (κ1) is 14.3. The molecule has 4 nitrogen and oxygen atoms in total. The summed E-state index contributed by atoms with van der Waals surface area (Å²) in [5.41, 5.74) is 6.05. The predicted molar refractivity (Wildman–Crippen MR) is 74.6 cm³/mol. The molecule has 2 aliphatic heterocycles. The maximum absolute atomic E-state index is 6.05. The monoisotopic (exact) mass is 255 g/mol. The van der Waals surface area contributed by atoms with Crippen molar-refractivity contribution in [3.05, 3.63) is 0 Å². The molecule has 2 saturated heterocycles. The van der Waals surface area contributed by atoms with Crippen LogP contribution in [-0.4, -0.2) is 68.8 Å². The average molecular weight is 255 g/mol. The molecular weight excluding hydrogens is 226 g/mol. The van der Waals surface area contributed by atoms with E-state index in [0.29, 0.717) is 12.1 Å². The van der Waals surface area contributed by atoms with E-state index in [1.54, 1.807) is 0 Å². The van der Waals surface area contributed by atoms with E-state index in [2.05, 4.69) is 30.8 Å². The molecule has 0 spiro atoms. The average Bonchev–Trinajstić information content (AvgIpc) is 2.74. The van der Waals surface area contributed by atoms with Gasteiger partial charge < -0.3 is 15.4 Å². The van der Waals surface area contributed by atoms with Crippen LogP contribution in [0.1, 0.15) is 19.8 Å². The summed E-state index contributed by atoms with van der Waals surface area (Å²) in [6.45, 7) is 7.36. The van der Waals surface area contributed by atoms with Crippen molar-refractivity contribution in [2.45, 2.75) is 31.8 Å². The maximum atomic E-state index is 6.05. The van der Waals surface area contributed by atoms with Gasteiger partial charge in [0, 0.05) is 44.9 Å². The number of ether oxygens (including phenoxy) is 1. The van der Waals surface area contributed by atoms with Crippen LogP contribution in [0.25, 0.3) is 0 Å². The summed E-state index contributed by atoms with van der Waals surface area (Å²) in [7, 11) is 4.38. The van der Waals surface area contributed by atoms with Gasteiger partial charge in [0.05, 0.1) is 0 Å². The highest BCUT2D eigenvalue weighted by Crippen LogP contribution is 2.28. The van der Waals surface area contributed by atoms with Gasteiger partial charge in [-0.05, 0) is 38.8 Å². The van der Waals surface area contributed by atoms with Gasteiger partial charge in [-0.2, -0.15) is 0 Å². The van der Waals surface area contributed by atoms with Crippen LogP contribution in [0.5, 0.6) is 0 Å². The Balaban J connectivity index is 1.96. The standard InChI is InChI=1S/C14H29N3O/c1-11-9-17(10-14(11)16(2)3)13(8-15)12-4-6-18-7-5-12/h11-14H,4-10,15H2,1-3H3. The molecule has 3 atom stereocenters. The van der Waals surface area contributed by atoms with E-state index >= 15 is 0 Å². The first-order valence-corrected chi connectivity index (χ1v) is 7.31. The minimum absolute atomic E-state index is 0.557. The van der Waals surface area contributed by atoms with Gasteiger partial charge in [0.1, 0.15) is 0 Å². The largest absolute Gasteiger partial charge is 0.381 e. The van der Waals surface area contributed by atoms with Gasteiger partial charge in [0.2, 0.25) is 0 Å². The second-order valence-electron chi connectivity index (χ2n) is 6.21. The summed E-state index contributed by atoms with van der Waals surface area (Å²) in [6, 6.07) is 1.24. The highest BCUT2D eigenvalue weighted by atomic mass is 16.5. The maximum Gasteiger partial charge on any atom is 0.0469 e. The van der Waals surface area contributed by atoms with Crippen LogP contribution in [0, 0.1) is 11.8 Å². The molecule has 2 aliphatic rings. The van der Waals surface area contributed by atoms with E-state index in [1.807, 2.05) is 0 Å². The Morgan fingerprint density at radius 2 is 1.94 bits per heavy atom. The molecule has 2 fully saturated rings. The van der Waals surface area contributed by atoms with E-state index in [-0.39, 0.29) is 0 Å². The highest BCUT2D eigenvalue weighted by Gasteiger charge is 2.37. The van der Waals surface area contributed by atoms with Crippen LogP contribution >= 0.6 is 0 Å². The zero-order chi connectivity index (χ0) is 13.1. The van der Waals surface area contributed by atoms with Gasteiger partial charge in [-0.1, -0.05) is 6.92 Å². The number of likely N-dealkylation sites (tertiary alicyclic amines) is 1. The fourth-order valence-electron chi connectivity index (χ4n) is 3.67. The fourth-order valence-corrected chi connectivity index (χ4v) is 3.67. The zero-order valence-corrected chi connectivity index (χ0v) is 12.1. The third-order valence-corrected chi connectivity index (χ3v) is 4.78. The van der Waals surface area contributed by atoms with E-state index in [0.717, 1.165) is 31.6 Å². The van der Waals surface area contributed by atoms with Crippen LogP contribution in [0.4, 0.5) is 0 Å². The van der Waals surface area contributed by atoms with Crippen molar-refractivity contribution < 1.29 is 4.74 Å². The van der Waals surface area contributed by atoms with Crippen LogP contribution in [0.3, 0.4) is 0 Å². The Bertz CT molecular complexity index is 253. The van der Waals surface area contributed by atoms with Gasteiger partial charge in [0.15, 0.2) is 0 Å². The van der Waals surface area contributed by atoms with Gasteiger partial charge in [-0.3, -0.25) is 4.90 Å². The summed E-state index contributed by atoms with van der Waals surface area (Å²) >= 11 is 0. The molecule has 0 radical (unpaired) electrons. The first-order chi connectivity index (χ1) is 8.63. The Morgan fingerprint density at radius 3 is 2.44 bits per heavy atom. The van der Waals surface area contributed by atoms with Crippen molar-refractivity contribution in [2.24, 2.45) is 17.6 Å². The summed E-state index contributed by atoms with van der Waals surface area (Å²) < 4.78 is 5.47. The summed E-state index contributed by atoms with van der Waals surface area (Å²) in [6.07, 6.45) is 2.36. The lowest BCUT2D eigenvalue weighted by molar-refractivity contribution is 0.0317. The van der Waals surface area contributed by atoms with Crippen molar-refractivity contribution in [1.29, 1.82) is 0 Å². The Hall–Kier alpha value is -0.160. The number of likely N-dealkylation sites (N-methyl/N-ethyl adjacent to an activating group) is 1. The van der Waals surface area contributed by atoms with Crippen LogP contribution in [0.2, 0.25) is 0 Å². The van der Waals surface area contributed by atoms with Crippen LogP contribution < -0.4 is 5.73 Å². The van der Waals surface area contributed by atoms with Crippen molar-refractivity contribution in [2.75, 3.05) is 46.9 Å². The second kappa shape index (κ2) is 6.33. The van der Waals surface area contributed by atoms with E-state index in [4.69, 9.17) is 10.5 Å². The molecule has 0 aromatic heterocycles. The van der Waals surface area contributed by atoms with Gasteiger partial charge in [-0.25, -0.2) is 0 Å². The van der Waals surface area contributed by atoms with Crippen LogP contribution in [0.15, 0.2) is 0 Å². The molecule has 0 bridgehead atoms. The number of nitrogens with two attached hydrogens (primary N) is 1. The molecule has 4 heteroatoms. The molecule has 2 rings (SSSR count). The zero-order valence-electron chi connectivity index (χ0n) is 12.1. The van der Waals surface area contributed by atoms with Crippen LogP contribution in [-0.2, 0) is 4.74 Å². The third kappa shape index (κ3) is 3.05. The smallest absolute Gasteiger partial charge is 0.0469 e. The quantitative estimate of drug-likeness (QED) is 0.800. The van der Waals surface area contributed by atoms with Crippen molar-refractivity contribution >= 4 is 0 Å². The lowest BCUT2D eigenvalue weighted by Gasteiger charge is -2.36. The van der Waals surface area contributed by atoms with Gasteiger partial charge in [-0.15, -0.1) is 0 Å². The molecule has 0 aromatic carbocycles. The number of hydrogen-bond donors (Lipinski definition) is 1. The number of hydrogen-bond acceptors (Lipinski definition) is 4. The molecule has 18 heavy (non-hydrogen) atoms. The van der Waals surface area contributed by atoms with E-state index in [1.165, 1.54) is 25.9 Å². The van der Waals surface area contributed by atoms with E-state index in [9.17, 15) is 0 Å². The van der Waals surface area contributed by atoms with Crippen molar-refractivity contribution in [1.82, 2.24) is 9.80 Å². The number of rotatable bonds is 4. The molecular formula is C14H29N3O. The topological polar surface area (TPSA) is 41.7 Å². The van der Waals surface area contributed by atoms with E-state index < -0.39 is 0 Å². The lowest BCUT2D eigenvalue weighted by atomic mass is 9.91. The molecule has 0 aliphatic carbocycles. The Labute approximate surface area is 111 Å². The Kier molecular flexibility index (Phi) is 5.01. The minimum atomic E-state index is 0.557. The minimum Gasteiger partial charge on any atom is -0.381 e. The summed E-state index contributed by atoms with van der Waals surface area (Å²) in [5, 5.41) is 0. The lowest BCUT2D eigenvalue weighted by Crippen LogP contribution is -2.47.